The van der Waals surface area contributed by atoms with Gasteiger partial charge < -0.3 is 14.5 Å². The Hall–Kier alpha value is -3.71. The largest absolute Gasteiger partial charge is 0.423 e. The number of nitrogens with zero attached hydrogens (tertiary/aromatic N) is 3. The minimum atomic E-state index is -0.453. The molecule has 1 saturated heterocycles. The van der Waals surface area contributed by atoms with Gasteiger partial charge in [-0.3, -0.25) is 4.79 Å². The highest BCUT2D eigenvalue weighted by atomic mass is 32.1. The van der Waals surface area contributed by atoms with Gasteiger partial charge >= 0.3 is 5.97 Å². The highest BCUT2D eigenvalue weighted by Gasteiger charge is 2.20. The van der Waals surface area contributed by atoms with Gasteiger partial charge in [0.1, 0.15) is 5.75 Å². The number of thiazole rings is 1. The Bertz CT molecular complexity index is 1290. The van der Waals surface area contributed by atoms with Gasteiger partial charge in [-0.15, -0.1) is 0 Å². The van der Waals surface area contributed by atoms with Crippen LogP contribution in [-0.4, -0.2) is 42.9 Å². The van der Waals surface area contributed by atoms with Crippen LogP contribution in [0.3, 0.4) is 0 Å². The summed E-state index contributed by atoms with van der Waals surface area (Å²) in [5, 5.41) is 0.987. The van der Waals surface area contributed by atoms with Crippen LogP contribution in [0.2, 0.25) is 0 Å². The Morgan fingerprint density at radius 3 is 2.21 bits per heavy atom. The molecule has 0 atom stereocenters. The van der Waals surface area contributed by atoms with Crippen molar-refractivity contribution in [2.75, 3.05) is 36.0 Å². The average Bonchev–Trinajstić information content (AvgIpc) is 3.28. The first kappa shape index (κ1) is 21.2. The van der Waals surface area contributed by atoms with E-state index < -0.39 is 5.97 Å². The lowest BCUT2D eigenvalue weighted by Gasteiger charge is -2.35. The van der Waals surface area contributed by atoms with E-state index in [2.05, 4.69) is 34.1 Å². The van der Waals surface area contributed by atoms with Crippen LogP contribution < -0.4 is 14.5 Å². The molecule has 0 saturated carbocycles. The lowest BCUT2D eigenvalue weighted by Crippen LogP contribution is -2.46. The van der Waals surface area contributed by atoms with E-state index in [9.17, 15) is 9.59 Å². The third-order valence-electron chi connectivity index (χ3n) is 5.76. The number of hydrogen-bond donors (Lipinski definition) is 0. The zero-order chi connectivity index (χ0) is 22.8. The van der Waals surface area contributed by atoms with Crippen molar-refractivity contribution in [2.45, 2.75) is 6.92 Å². The van der Waals surface area contributed by atoms with Gasteiger partial charge in [-0.1, -0.05) is 41.7 Å². The molecule has 0 spiro atoms. The van der Waals surface area contributed by atoms with Crippen molar-refractivity contribution in [2.24, 2.45) is 0 Å². The van der Waals surface area contributed by atoms with Crippen LogP contribution in [0, 0.1) is 0 Å². The lowest BCUT2D eigenvalue weighted by molar-refractivity contribution is 0.0734. The molecule has 2 heterocycles. The van der Waals surface area contributed by atoms with Gasteiger partial charge in [0, 0.05) is 43.5 Å². The van der Waals surface area contributed by atoms with Crippen molar-refractivity contribution in [3.63, 3.8) is 0 Å². The fraction of sp³-hybridized carbons (Fsp3) is 0.192. The van der Waals surface area contributed by atoms with E-state index in [0.717, 1.165) is 41.5 Å². The number of benzene rings is 3. The number of hydrogen-bond acceptors (Lipinski definition) is 7. The van der Waals surface area contributed by atoms with E-state index in [4.69, 9.17) is 9.72 Å². The lowest BCUT2D eigenvalue weighted by atomic mass is 10.1. The number of fused-ring (bicyclic) bond motifs is 1. The number of para-hydroxylation sites is 1. The summed E-state index contributed by atoms with van der Waals surface area (Å²) in [6.07, 6.45) is 0. The number of anilines is 2. The number of ketones is 1. The Morgan fingerprint density at radius 1 is 0.848 bits per heavy atom. The van der Waals surface area contributed by atoms with E-state index in [1.807, 2.05) is 18.2 Å². The van der Waals surface area contributed by atoms with E-state index in [0.29, 0.717) is 16.9 Å². The van der Waals surface area contributed by atoms with E-state index in [-0.39, 0.29) is 5.78 Å². The normalized spacial score (nSPS) is 13.8. The molecule has 1 aliphatic heterocycles. The van der Waals surface area contributed by atoms with Crippen molar-refractivity contribution in [3.05, 3.63) is 83.9 Å². The molecule has 0 radical (unpaired) electrons. The number of aromatic nitrogens is 1. The Balaban J connectivity index is 1.26. The number of rotatable bonds is 5. The highest BCUT2D eigenvalue weighted by Crippen LogP contribution is 2.32. The van der Waals surface area contributed by atoms with E-state index >= 15 is 0 Å². The van der Waals surface area contributed by atoms with Crippen molar-refractivity contribution in [3.8, 4) is 5.75 Å². The van der Waals surface area contributed by atoms with Crippen molar-refractivity contribution < 1.29 is 14.3 Å². The number of piperazine rings is 1. The number of carbonyl (C=O) groups excluding carboxylic acids is 2. The van der Waals surface area contributed by atoms with Crippen LogP contribution in [0.15, 0.2) is 72.8 Å². The second kappa shape index (κ2) is 9.03. The average molecular weight is 458 g/mol. The monoisotopic (exact) mass is 457 g/mol. The molecule has 6 nitrogen and oxygen atoms in total. The maximum Gasteiger partial charge on any atom is 0.343 e. The zero-order valence-electron chi connectivity index (χ0n) is 18.2. The molecule has 3 aromatic carbocycles. The molecule has 33 heavy (non-hydrogen) atoms. The van der Waals surface area contributed by atoms with Gasteiger partial charge in [0.05, 0.1) is 15.8 Å². The summed E-state index contributed by atoms with van der Waals surface area (Å²) in [7, 11) is 0. The third-order valence-corrected chi connectivity index (χ3v) is 6.84. The van der Waals surface area contributed by atoms with Gasteiger partial charge in [0.2, 0.25) is 0 Å². The van der Waals surface area contributed by atoms with Gasteiger partial charge in [0.25, 0.3) is 0 Å². The highest BCUT2D eigenvalue weighted by molar-refractivity contribution is 7.22. The topological polar surface area (TPSA) is 62.7 Å². The third kappa shape index (κ3) is 4.59. The molecular formula is C26H23N3O3S. The maximum atomic E-state index is 12.5. The number of esters is 1. The maximum absolute atomic E-state index is 12.5. The summed E-state index contributed by atoms with van der Waals surface area (Å²) in [5.74, 6) is -0.0127. The zero-order valence-corrected chi connectivity index (χ0v) is 19.0. The molecule has 0 N–H and O–H groups in total. The number of Topliss-reactive ketones (excluding diaryl/α,β-unsaturated/α-hetero) is 1. The van der Waals surface area contributed by atoms with Crippen LogP contribution >= 0.6 is 11.3 Å². The molecule has 7 heteroatoms. The van der Waals surface area contributed by atoms with Crippen molar-refractivity contribution in [1.29, 1.82) is 0 Å². The van der Waals surface area contributed by atoms with E-state index in [1.165, 1.54) is 12.6 Å². The second-order valence-corrected chi connectivity index (χ2v) is 8.97. The van der Waals surface area contributed by atoms with Gasteiger partial charge in [-0.05, 0) is 43.3 Å². The minimum Gasteiger partial charge on any atom is -0.423 e. The molecule has 1 aromatic heterocycles. The fourth-order valence-corrected chi connectivity index (χ4v) is 4.94. The van der Waals surface area contributed by atoms with Crippen LogP contribution in [0.4, 0.5) is 10.8 Å². The summed E-state index contributed by atoms with van der Waals surface area (Å²) >= 11 is 1.61. The van der Waals surface area contributed by atoms with Crippen LogP contribution in [0.5, 0.6) is 5.75 Å². The van der Waals surface area contributed by atoms with Gasteiger partial charge in [-0.2, -0.15) is 0 Å². The predicted octanol–water partition coefficient (Wildman–Crippen LogP) is 5.04. The quantitative estimate of drug-likeness (QED) is 0.238. The van der Waals surface area contributed by atoms with Crippen molar-refractivity contribution >= 4 is 44.1 Å². The number of carbonyl (C=O) groups is 2. The Kier molecular flexibility index (Phi) is 5.79. The van der Waals surface area contributed by atoms with Gasteiger partial charge in [-0.25, -0.2) is 9.78 Å². The minimum absolute atomic E-state index is 0.0390. The molecule has 0 unspecified atom stereocenters. The summed E-state index contributed by atoms with van der Waals surface area (Å²) in [6.45, 7) is 5.21. The predicted molar refractivity (Wildman–Crippen MR) is 132 cm³/mol. The van der Waals surface area contributed by atoms with Gasteiger partial charge in [0.15, 0.2) is 10.9 Å². The van der Waals surface area contributed by atoms with Crippen LogP contribution in [-0.2, 0) is 0 Å². The van der Waals surface area contributed by atoms with Crippen LogP contribution in [0.25, 0.3) is 10.2 Å². The first-order valence-electron chi connectivity index (χ1n) is 10.9. The molecule has 1 aliphatic rings. The molecule has 0 bridgehead atoms. The first-order chi connectivity index (χ1) is 16.1. The second-order valence-electron chi connectivity index (χ2n) is 7.96. The Labute approximate surface area is 196 Å². The Morgan fingerprint density at radius 2 is 1.52 bits per heavy atom. The molecule has 0 aliphatic carbocycles. The number of ether oxygens (including phenoxy) is 1. The summed E-state index contributed by atoms with van der Waals surface area (Å²) < 4.78 is 6.54. The summed E-state index contributed by atoms with van der Waals surface area (Å²) in [5.41, 5.74) is 3.12. The first-order valence-corrected chi connectivity index (χ1v) is 11.7. The SMILES string of the molecule is CC(=O)c1ccc(C(=O)Oc2ccc3nc(N4CCN(c5ccccc5)CC4)sc3c2)cc1. The summed E-state index contributed by atoms with van der Waals surface area (Å²) in [4.78, 5) is 33.4. The molecule has 1 fully saturated rings. The smallest absolute Gasteiger partial charge is 0.343 e. The van der Waals surface area contributed by atoms with Crippen LogP contribution in [0.1, 0.15) is 27.6 Å². The molecular weight excluding hydrogens is 434 g/mol. The molecule has 4 aromatic rings. The molecule has 0 amide bonds. The fourth-order valence-electron chi connectivity index (χ4n) is 3.89. The summed E-state index contributed by atoms with van der Waals surface area (Å²) in [6, 6.07) is 22.5. The van der Waals surface area contributed by atoms with Crippen molar-refractivity contribution in [1.82, 2.24) is 4.98 Å². The van der Waals surface area contributed by atoms with E-state index in [1.54, 1.807) is 41.7 Å². The molecule has 5 rings (SSSR count). The standard InChI is InChI=1S/C26H23N3O3S/c1-18(30)19-7-9-20(10-8-19)25(31)32-22-11-12-23-24(17-22)33-26(27-23)29-15-13-28(14-16-29)21-5-3-2-4-6-21/h2-12,17H,13-16H2,1H3. The molecule has 166 valence electrons.